The van der Waals surface area contributed by atoms with Crippen molar-refractivity contribution in [3.8, 4) is 0 Å². The number of carbonyl (C=O) groups is 2. The fourth-order valence-corrected chi connectivity index (χ4v) is 1.47. The number of hydrogen-bond donors (Lipinski definition) is 0. The molecule has 0 amide bonds. The zero-order valence-electron chi connectivity index (χ0n) is 8.10. The average Bonchev–Trinajstić information content (AvgIpc) is 2.29. The van der Waals surface area contributed by atoms with E-state index in [0.717, 1.165) is 0 Å². The van der Waals surface area contributed by atoms with Crippen LogP contribution in [0.25, 0.3) is 0 Å². The van der Waals surface area contributed by atoms with Crippen LogP contribution in [-0.4, -0.2) is 18.4 Å². The molecule has 0 fully saturated rings. The number of hydrogen-bond acceptors (Lipinski definition) is 3. The minimum absolute atomic E-state index is 0.0905. The van der Waals surface area contributed by atoms with Crippen molar-refractivity contribution >= 4 is 11.8 Å². The van der Waals surface area contributed by atoms with E-state index >= 15 is 0 Å². The number of rotatable bonds is 2. The van der Waals surface area contributed by atoms with Crippen LogP contribution in [0.1, 0.15) is 16.8 Å². The Morgan fingerprint density at radius 2 is 1.93 bits per heavy atom. The third-order valence-electron chi connectivity index (χ3n) is 2.24. The summed E-state index contributed by atoms with van der Waals surface area (Å²) in [5.74, 6) is -0.521. The van der Waals surface area contributed by atoms with Crippen molar-refractivity contribution in [1.82, 2.24) is 0 Å². The van der Waals surface area contributed by atoms with Gasteiger partial charge >= 0.3 is 5.97 Å². The van der Waals surface area contributed by atoms with Crippen molar-refractivity contribution in [2.75, 3.05) is 6.61 Å². The van der Waals surface area contributed by atoms with Gasteiger partial charge in [0.15, 0.2) is 5.78 Å². The summed E-state index contributed by atoms with van der Waals surface area (Å²) in [5.41, 5.74) is 1.14. The molecule has 0 saturated carbocycles. The molecule has 76 valence electrons. The fourth-order valence-electron chi connectivity index (χ4n) is 1.47. The quantitative estimate of drug-likeness (QED) is 0.542. The predicted molar refractivity (Wildman–Crippen MR) is 54.4 cm³/mol. The largest absolute Gasteiger partial charge is 0.462 e. The molecule has 1 aromatic rings. The van der Waals surface area contributed by atoms with E-state index in [0.29, 0.717) is 24.2 Å². The molecule has 0 aliphatic carbocycles. The van der Waals surface area contributed by atoms with Gasteiger partial charge < -0.3 is 4.74 Å². The maximum atomic E-state index is 11.9. The van der Waals surface area contributed by atoms with E-state index < -0.39 is 5.97 Å². The first-order valence-corrected chi connectivity index (χ1v) is 4.74. The first-order valence-electron chi connectivity index (χ1n) is 4.74. The standard InChI is InChI=1S/C12H10O3/c13-11-8-10(6-7-15-11)12(14)9-4-2-1-3-5-9/h1-5,8H,6-7H2. The summed E-state index contributed by atoms with van der Waals surface area (Å²) in [6.45, 7) is 0.295. The molecule has 3 nitrogen and oxygen atoms in total. The van der Waals surface area contributed by atoms with Crippen LogP contribution in [0.15, 0.2) is 42.0 Å². The van der Waals surface area contributed by atoms with Gasteiger partial charge in [0.2, 0.25) is 0 Å². The van der Waals surface area contributed by atoms with E-state index in [1.165, 1.54) is 6.08 Å². The molecule has 0 aromatic heterocycles. The SMILES string of the molecule is O=C1C=C(C(=O)c2ccccc2)CCO1. The maximum Gasteiger partial charge on any atom is 0.331 e. The van der Waals surface area contributed by atoms with E-state index in [2.05, 4.69) is 0 Å². The Morgan fingerprint density at radius 3 is 2.60 bits per heavy atom. The van der Waals surface area contributed by atoms with Gasteiger partial charge in [-0.05, 0) is 0 Å². The minimum atomic E-state index is -0.430. The Bertz CT molecular complexity index is 418. The predicted octanol–water partition coefficient (Wildman–Crippen LogP) is 1.74. The molecule has 15 heavy (non-hydrogen) atoms. The van der Waals surface area contributed by atoms with Crippen molar-refractivity contribution < 1.29 is 14.3 Å². The molecular weight excluding hydrogens is 192 g/mol. The van der Waals surface area contributed by atoms with Gasteiger partial charge in [-0.1, -0.05) is 30.3 Å². The van der Waals surface area contributed by atoms with Gasteiger partial charge in [-0.3, -0.25) is 4.79 Å². The first-order chi connectivity index (χ1) is 7.27. The summed E-state index contributed by atoms with van der Waals surface area (Å²) in [5, 5.41) is 0. The summed E-state index contributed by atoms with van der Waals surface area (Å²) in [6.07, 6.45) is 1.78. The second-order valence-electron chi connectivity index (χ2n) is 3.28. The van der Waals surface area contributed by atoms with E-state index in [9.17, 15) is 9.59 Å². The molecule has 0 radical (unpaired) electrons. The van der Waals surface area contributed by atoms with Crippen LogP contribution >= 0.6 is 0 Å². The van der Waals surface area contributed by atoms with Gasteiger partial charge in [0.25, 0.3) is 0 Å². The Morgan fingerprint density at radius 1 is 1.20 bits per heavy atom. The number of ether oxygens (including phenoxy) is 1. The van der Waals surface area contributed by atoms with Crippen molar-refractivity contribution in [3.05, 3.63) is 47.5 Å². The maximum absolute atomic E-state index is 11.9. The molecule has 2 rings (SSSR count). The van der Waals surface area contributed by atoms with E-state index in [1.54, 1.807) is 24.3 Å². The summed E-state index contributed by atoms with van der Waals surface area (Å²) in [6, 6.07) is 8.93. The van der Waals surface area contributed by atoms with E-state index in [1.807, 2.05) is 6.07 Å². The molecule has 0 spiro atoms. The summed E-state index contributed by atoms with van der Waals surface area (Å²) in [7, 11) is 0. The normalized spacial score (nSPS) is 15.5. The van der Waals surface area contributed by atoms with Crippen LogP contribution in [0.4, 0.5) is 0 Å². The molecular formula is C12H10O3. The van der Waals surface area contributed by atoms with Crippen molar-refractivity contribution in [1.29, 1.82) is 0 Å². The Labute approximate surface area is 87.4 Å². The highest BCUT2D eigenvalue weighted by atomic mass is 16.5. The highest BCUT2D eigenvalue weighted by Gasteiger charge is 2.17. The molecule has 0 atom stereocenters. The number of ketones is 1. The summed E-state index contributed by atoms with van der Waals surface area (Å²) >= 11 is 0. The molecule has 0 saturated heterocycles. The minimum Gasteiger partial charge on any atom is -0.462 e. The van der Waals surface area contributed by atoms with Crippen LogP contribution in [0.2, 0.25) is 0 Å². The molecule has 1 aliphatic heterocycles. The zero-order valence-corrected chi connectivity index (χ0v) is 8.10. The molecule has 1 aromatic carbocycles. The third-order valence-corrected chi connectivity index (χ3v) is 2.24. The molecule has 0 N–H and O–H groups in total. The second kappa shape index (κ2) is 4.09. The Hall–Kier alpha value is -1.90. The first kappa shape index (κ1) is 9.65. The lowest BCUT2D eigenvalue weighted by atomic mass is 10.00. The van der Waals surface area contributed by atoms with Gasteiger partial charge in [0, 0.05) is 23.6 Å². The lowest BCUT2D eigenvalue weighted by Crippen LogP contribution is -2.16. The van der Waals surface area contributed by atoms with Gasteiger partial charge in [-0.2, -0.15) is 0 Å². The van der Waals surface area contributed by atoms with E-state index in [4.69, 9.17) is 4.74 Å². The van der Waals surface area contributed by atoms with Crippen LogP contribution in [0.3, 0.4) is 0 Å². The summed E-state index contributed by atoms with van der Waals surface area (Å²) in [4.78, 5) is 22.8. The van der Waals surface area contributed by atoms with Gasteiger partial charge in [0.1, 0.15) is 0 Å². The van der Waals surface area contributed by atoms with Crippen LogP contribution < -0.4 is 0 Å². The number of esters is 1. The second-order valence-corrected chi connectivity index (χ2v) is 3.28. The van der Waals surface area contributed by atoms with Crippen LogP contribution in [0.5, 0.6) is 0 Å². The van der Waals surface area contributed by atoms with Crippen LogP contribution in [-0.2, 0) is 9.53 Å². The molecule has 0 unspecified atom stereocenters. The molecule has 3 heteroatoms. The topological polar surface area (TPSA) is 43.4 Å². The van der Waals surface area contributed by atoms with Gasteiger partial charge in [-0.25, -0.2) is 4.79 Å². The van der Waals surface area contributed by atoms with Gasteiger partial charge in [0.05, 0.1) is 6.61 Å². The van der Waals surface area contributed by atoms with Crippen molar-refractivity contribution in [2.24, 2.45) is 0 Å². The number of cyclic esters (lactones) is 1. The lowest BCUT2D eigenvalue weighted by molar-refractivity contribution is -0.138. The molecule has 1 heterocycles. The highest BCUT2D eigenvalue weighted by molar-refractivity contribution is 6.11. The van der Waals surface area contributed by atoms with Gasteiger partial charge in [-0.15, -0.1) is 0 Å². The zero-order chi connectivity index (χ0) is 10.7. The Kier molecular flexibility index (Phi) is 2.63. The summed E-state index contributed by atoms with van der Waals surface area (Å²) < 4.78 is 4.73. The van der Waals surface area contributed by atoms with Crippen molar-refractivity contribution in [2.45, 2.75) is 6.42 Å². The number of Topliss-reactive ketones (excluding diaryl/α,β-unsaturated/α-hetero) is 1. The fraction of sp³-hybridized carbons (Fsp3) is 0.167. The monoisotopic (exact) mass is 202 g/mol. The average molecular weight is 202 g/mol. The van der Waals surface area contributed by atoms with Crippen LogP contribution in [0, 0.1) is 0 Å². The lowest BCUT2D eigenvalue weighted by Gasteiger charge is -2.11. The molecule has 1 aliphatic rings. The smallest absolute Gasteiger partial charge is 0.331 e. The number of benzene rings is 1. The van der Waals surface area contributed by atoms with Crippen molar-refractivity contribution in [3.63, 3.8) is 0 Å². The highest BCUT2D eigenvalue weighted by Crippen LogP contribution is 2.15. The van der Waals surface area contributed by atoms with E-state index in [-0.39, 0.29) is 5.78 Å². The number of carbonyl (C=O) groups excluding carboxylic acids is 2. The Balaban J connectivity index is 2.25. The third kappa shape index (κ3) is 2.13. The molecule has 0 bridgehead atoms.